The second-order valence-corrected chi connectivity index (χ2v) is 6.27. The van der Waals surface area contributed by atoms with Crippen LogP contribution in [0.4, 0.5) is 0 Å². The molecule has 2 N–H and O–H groups in total. The number of rotatable bonds is 6. The number of likely N-dealkylation sites (N-methyl/N-ethyl adjacent to an activating group) is 1. The van der Waals surface area contributed by atoms with Gasteiger partial charge in [-0.3, -0.25) is 9.67 Å². The lowest BCUT2D eigenvalue weighted by Gasteiger charge is -2.23. The van der Waals surface area contributed by atoms with Gasteiger partial charge in [-0.05, 0) is 33.9 Å². The number of hydrogen-bond donors (Lipinski definition) is 2. The van der Waals surface area contributed by atoms with Crippen LogP contribution in [0.3, 0.4) is 0 Å². The van der Waals surface area contributed by atoms with Gasteiger partial charge in [0.25, 0.3) is 0 Å². The van der Waals surface area contributed by atoms with Crippen molar-refractivity contribution >= 4 is 29.9 Å². The Kier molecular flexibility index (Phi) is 8.90. The van der Waals surface area contributed by atoms with Gasteiger partial charge < -0.3 is 15.5 Å². The molecule has 1 heterocycles. The molecule has 0 saturated heterocycles. The molecule has 0 bridgehead atoms. The Morgan fingerprint density at radius 3 is 2.65 bits per heavy atom. The van der Waals surface area contributed by atoms with Gasteiger partial charge in [-0.2, -0.15) is 5.10 Å². The molecule has 1 atom stereocenters. The molecule has 1 fully saturated rings. The highest BCUT2D eigenvalue weighted by Crippen LogP contribution is 2.19. The third-order valence-corrected chi connectivity index (χ3v) is 4.20. The van der Waals surface area contributed by atoms with Crippen LogP contribution >= 0.6 is 24.0 Å². The number of aryl methyl sites for hydroxylation is 1. The molecule has 6 nitrogen and oxygen atoms in total. The monoisotopic (exact) mass is 434 g/mol. The molecule has 0 aliphatic heterocycles. The van der Waals surface area contributed by atoms with Crippen LogP contribution in [0.1, 0.15) is 44.2 Å². The molecule has 0 aromatic carbocycles. The minimum atomic E-state index is 0. The maximum absolute atomic E-state index is 4.80. The summed E-state index contributed by atoms with van der Waals surface area (Å²) in [6.07, 6.45) is 9.16. The zero-order chi connectivity index (χ0) is 15.9. The topological polar surface area (TPSA) is 57.5 Å². The number of nitrogens with one attached hydrogen (secondary N) is 2. The Balaban J connectivity index is 0.00000264. The molecule has 7 heteroatoms. The highest BCUT2D eigenvalue weighted by atomic mass is 127. The summed E-state index contributed by atoms with van der Waals surface area (Å²) in [7, 11) is 6.13. The summed E-state index contributed by atoms with van der Waals surface area (Å²) in [4.78, 5) is 6.99. The number of aliphatic imine (C=N–C) groups is 1. The van der Waals surface area contributed by atoms with E-state index in [4.69, 9.17) is 4.99 Å². The molecule has 1 unspecified atom stereocenters. The Bertz CT molecular complexity index is 479. The number of hydrogen-bond acceptors (Lipinski definition) is 3. The number of aromatic nitrogens is 2. The van der Waals surface area contributed by atoms with E-state index < -0.39 is 0 Å². The fourth-order valence-electron chi connectivity index (χ4n) is 2.94. The molecular weight excluding hydrogens is 403 g/mol. The molecule has 23 heavy (non-hydrogen) atoms. The SMILES string of the molecule is CCNC(=NCC(c1cnn(C)c1)N(C)C)NC1CCCC1.I. The summed E-state index contributed by atoms with van der Waals surface area (Å²) in [6.45, 7) is 3.72. The van der Waals surface area contributed by atoms with Gasteiger partial charge in [-0.25, -0.2) is 0 Å². The van der Waals surface area contributed by atoms with Crippen molar-refractivity contribution in [2.75, 3.05) is 27.2 Å². The minimum absolute atomic E-state index is 0. The van der Waals surface area contributed by atoms with Gasteiger partial charge in [0.1, 0.15) is 0 Å². The second kappa shape index (κ2) is 10.1. The summed E-state index contributed by atoms with van der Waals surface area (Å²) >= 11 is 0. The number of halogens is 1. The van der Waals surface area contributed by atoms with Crippen molar-refractivity contribution in [2.45, 2.75) is 44.7 Å². The maximum Gasteiger partial charge on any atom is 0.191 e. The van der Waals surface area contributed by atoms with Crippen LogP contribution in [0.15, 0.2) is 17.4 Å². The van der Waals surface area contributed by atoms with Crippen molar-refractivity contribution in [1.29, 1.82) is 0 Å². The first kappa shape index (κ1) is 20.2. The zero-order valence-corrected chi connectivity index (χ0v) is 17.1. The van der Waals surface area contributed by atoms with Crippen LogP contribution in [0.2, 0.25) is 0 Å². The Hall–Kier alpha value is -0.830. The Morgan fingerprint density at radius 1 is 1.43 bits per heavy atom. The lowest BCUT2D eigenvalue weighted by molar-refractivity contribution is 0.306. The van der Waals surface area contributed by atoms with E-state index in [0.29, 0.717) is 6.04 Å². The van der Waals surface area contributed by atoms with Crippen molar-refractivity contribution in [3.63, 3.8) is 0 Å². The lowest BCUT2D eigenvalue weighted by Crippen LogP contribution is -2.42. The van der Waals surface area contributed by atoms with Gasteiger partial charge in [0.05, 0.1) is 18.8 Å². The van der Waals surface area contributed by atoms with E-state index in [9.17, 15) is 0 Å². The molecule has 1 aliphatic rings. The maximum atomic E-state index is 4.80. The van der Waals surface area contributed by atoms with E-state index in [1.165, 1.54) is 31.2 Å². The van der Waals surface area contributed by atoms with Crippen LogP contribution in [0.5, 0.6) is 0 Å². The van der Waals surface area contributed by atoms with E-state index in [2.05, 4.69) is 47.8 Å². The van der Waals surface area contributed by atoms with Crippen molar-refractivity contribution in [1.82, 2.24) is 25.3 Å². The lowest BCUT2D eigenvalue weighted by atomic mass is 10.1. The zero-order valence-electron chi connectivity index (χ0n) is 14.7. The average Bonchev–Trinajstić information content (AvgIpc) is 3.11. The molecule has 1 aromatic rings. The predicted octanol–water partition coefficient (Wildman–Crippen LogP) is 2.14. The van der Waals surface area contributed by atoms with Crippen LogP contribution in [-0.4, -0.2) is 53.9 Å². The van der Waals surface area contributed by atoms with Gasteiger partial charge >= 0.3 is 0 Å². The van der Waals surface area contributed by atoms with Crippen LogP contribution in [0, 0.1) is 0 Å². The normalized spacial score (nSPS) is 17.2. The third-order valence-electron chi connectivity index (χ3n) is 4.20. The summed E-state index contributed by atoms with van der Waals surface area (Å²) in [5, 5.41) is 11.2. The second-order valence-electron chi connectivity index (χ2n) is 6.27. The van der Waals surface area contributed by atoms with E-state index >= 15 is 0 Å². The number of guanidine groups is 1. The third kappa shape index (κ3) is 6.29. The quantitative estimate of drug-likeness (QED) is 0.409. The van der Waals surface area contributed by atoms with Crippen molar-refractivity contribution < 1.29 is 0 Å². The van der Waals surface area contributed by atoms with Gasteiger partial charge in [-0.15, -0.1) is 24.0 Å². The Labute approximate surface area is 157 Å². The summed E-state index contributed by atoms with van der Waals surface area (Å²) < 4.78 is 1.84. The molecular formula is C16H31IN6. The highest BCUT2D eigenvalue weighted by molar-refractivity contribution is 14.0. The minimum Gasteiger partial charge on any atom is -0.357 e. The smallest absolute Gasteiger partial charge is 0.191 e. The number of nitrogens with zero attached hydrogens (tertiary/aromatic N) is 4. The van der Waals surface area contributed by atoms with E-state index in [1.54, 1.807) is 0 Å². The van der Waals surface area contributed by atoms with Gasteiger partial charge in [-0.1, -0.05) is 12.8 Å². The van der Waals surface area contributed by atoms with E-state index in [0.717, 1.165) is 19.0 Å². The first-order valence-electron chi connectivity index (χ1n) is 8.30. The molecule has 0 amide bonds. The highest BCUT2D eigenvalue weighted by Gasteiger charge is 2.18. The van der Waals surface area contributed by atoms with Gasteiger partial charge in [0.2, 0.25) is 0 Å². The van der Waals surface area contributed by atoms with E-state index in [-0.39, 0.29) is 30.0 Å². The van der Waals surface area contributed by atoms with Crippen LogP contribution in [0.25, 0.3) is 0 Å². The average molecular weight is 434 g/mol. The van der Waals surface area contributed by atoms with Crippen molar-refractivity contribution in [3.05, 3.63) is 18.0 Å². The fourth-order valence-corrected chi connectivity index (χ4v) is 2.94. The van der Waals surface area contributed by atoms with Crippen LogP contribution < -0.4 is 10.6 Å². The molecule has 0 spiro atoms. The van der Waals surface area contributed by atoms with E-state index in [1.807, 2.05) is 17.9 Å². The van der Waals surface area contributed by atoms with Crippen molar-refractivity contribution in [3.8, 4) is 0 Å². The Morgan fingerprint density at radius 2 is 2.13 bits per heavy atom. The molecule has 0 radical (unpaired) electrons. The summed E-state index contributed by atoms with van der Waals surface area (Å²) in [6, 6.07) is 0.821. The molecule has 2 rings (SSSR count). The summed E-state index contributed by atoms with van der Waals surface area (Å²) in [5.41, 5.74) is 1.20. The van der Waals surface area contributed by atoms with Crippen molar-refractivity contribution in [2.24, 2.45) is 12.0 Å². The molecule has 1 aliphatic carbocycles. The molecule has 1 saturated carbocycles. The molecule has 132 valence electrons. The molecule has 1 aromatic heterocycles. The predicted molar refractivity (Wildman–Crippen MR) is 106 cm³/mol. The first-order chi connectivity index (χ1) is 10.6. The fraction of sp³-hybridized carbons (Fsp3) is 0.750. The van der Waals surface area contributed by atoms with Crippen LogP contribution in [-0.2, 0) is 7.05 Å². The van der Waals surface area contributed by atoms with Gasteiger partial charge in [0, 0.05) is 31.4 Å². The summed E-state index contributed by atoms with van der Waals surface area (Å²) in [5.74, 6) is 0.935. The standard InChI is InChI=1S/C16H30N6.HI/c1-5-17-16(20-14-8-6-7-9-14)18-11-15(21(2)3)13-10-19-22(4)12-13;/h10,12,14-15H,5-9,11H2,1-4H3,(H2,17,18,20);1H. The largest absolute Gasteiger partial charge is 0.357 e. The van der Waals surface area contributed by atoms with Gasteiger partial charge in [0.15, 0.2) is 5.96 Å². The first-order valence-corrected chi connectivity index (χ1v) is 8.30.